The van der Waals surface area contributed by atoms with Gasteiger partial charge in [-0.1, -0.05) is 0 Å². The molecule has 0 aliphatic carbocycles. The molecule has 3 nitrogen and oxygen atoms in total. The van der Waals surface area contributed by atoms with Crippen molar-refractivity contribution in [3.8, 4) is 0 Å². The molecule has 0 aliphatic heterocycles. The second-order valence-electron chi connectivity index (χ2n) is 2.06. The van der Waals surface area contributed by atoms with E-state index in [1.54, 1.807) is 0 Å². The molecule has 0 unspecified atom stereocenters. The van der Waals surface area contributed by atoms with Crippen LogP contribution in [-0.2, 0) is 0 Å². The average molecular weight is 151 g/mol. The van der Waals surface area contributed by atoms with E-state index in [0.717, 1.165) is 6.92 Å². The van der Waals surface area contributed by atoms with Gasteiger partial charge in [0.2, 0.25) is 0 Å². The third kappa shape index (κ3) is 4.20. The van der Waals surface area contributed by atoms with Crippen molar-refractivity contribution >= 4 is 5.84 Å². The molecule has 0 radical (unpaired) electrons. The van der Waals surface area contributed by atoms with Gasteiger partial charge in [0.05, 0.1) is 6.42 Å². The fraction of sp³-hybridized carbons (Fsp3) is 0.800. The highest BCUT2D eigenvalue weighted by molar-refractivity contribution is 5.82. The SMILES string of the molecule is CN=C(CC(C)(F)F)NN. The molecule has 0 fully saturated rings. The van der Waals surface area contributed by atoms with Gasteiger partial charge >= 0.3 is 0 Å². The van der Waals surface area contributed by atoms with Gasteiger partial charge in [-0.25, -0.2) is 14.6 Å². The lowest BCUT2D eigenvalue weighted by Gasteiger charge is -2.10. The van der Waals surface area contributed by atoms with Gasteiger partial charge in [-0.3, -0.25) is 4.99 Å². The molecule has 5 heteroatoms. The molecule has 0 bridgehead atoms. The Morgan fingerprint density at radius 1 is 1.70 bits per heavy atom. The molecular weight excluding hydrogens is 140 g/mol. The van der Waals surface area contributed by atoms with E-state index in [1.165, 1.54) is 7.05 Å². The summed E-state index contributed by atoms with van der Waals surface area (Å²) >= 11 is 0. The zero-order valence-corrected chi connectivity index (χ0v) is 5.99. The summed E-state index contributed by atoms with van der Waals surface area (Å²) in [5.41, 5.74) is 2.08. The van der Waals surface area contributed by atoms with Crippen LogP contribution in [0.5, 0.6) is 0 Å². The standard InChI is InChI=1S/C5H11F2N3/c1-5(6,7)3-4(9-2)10-8/h3,8H2,1-2H3,(H,9,10). The van der Waals surface area contributed by atoms with E-state index in [-0.39, 0.29) is 5.84 Å². The summed E-state index contributed by atoms with van der Waals surface area (Å²) in [4.78, 5) is 3.49. The van der Waals surface area contributed by atoms with Gasteiger partial charge in [0.25, 0.3) is 5.92 Å². The second-order valence-corrected chi connectivity index (χ2v) is 2.06. The number of hydrogen-bond acceptors (Lipinski definition) is 2. The minimum absolute atomic E-state index is 0.104. The first-order valence-electron chi connectivity index (χ1n) is 2.79. The summed E-state index contributed by atoms with van der Waals surface area (Å²) in [5, 5.41) is 0. The van der Waals surface area contributed by atoms with Crippen molar-refractivity contribution in [1.82, 2.24) is 5.43 Å². The van der Waals surface area contributed by atoms with Crippen LogP contribution in [0.1, 0.15) is 13.3 Å². The second kappa shape index (κ2) is 3.46. The smallest absolute Gasteiger partial charge is 0.252 e. The fourth-order valence-corrected chi connectivity index (χ4v) is 0.489. The number of hydrazine groups is 1. The molecule has 0 amide bonds. The molecule has 0 aromatic heterocycles. The molecule has 0 aromatic rings. The lowest BCUT2D eigenvalue weighted by molar-refractivity contribution is 0.0295. The van der Waals surface area contributed by atoms with E-state index in [9.17, 15) is 8.78 Å². The Morgan fingerprint density at radius 2 is 2.20 bits per heavy atom. The van der Waals surface area contributed by atoms with Gasteiger partial charge in [-0.2, -0.15) is 0 Å². The van der Waals surface area contributed by atoms with Crippen LogP contribution in [0.3, 0.4) is 0 Å². The van der Waals surface area contributed by atoms with Crippen LogP contribution in [0, 0.1) is 0 Å². The number of alkyl halides is 2. The molecule has 0 atom stereocenters. The number of nitrogens with two attached hydrogens (primary N) is 1. The Kier molecular flexibility index (Phi) is 3.21. The predicted molar refractivity (Wildman–Crippen MR) is 35.9 cm³/mol. The highest BCUT2D eigenvalue weighted by Gasteiger charge is 2.23. The molecule has 60 valence electrons. The largest absolute Gasteiger partial charge is 0.312 e. The van der Waals surface area contributed by atoms with Crippen LogP contribution in [0.2, 0.25) is 0 Å². The third-order valence-electron chi connectivity index (χ3n) is 0.914. The number of halogens is 2. The Bertz CT molecular complexity index is 127. The van der Waals surface area contributed by atoms with Crippen molar-refractivity contribution in [2.75, 3.05) is 7.05 Å². The van der Waals surface area contributed by atoms with Crippen molar-refractivity contribution in [3.63, 3.8) is 0 Å². The Balaban J connectivity index is 3.88. The molecule has 0 aromatic carbocycles. The molecular formula is C5H11F2N3. The highest BCUT2D eigenvalue weighted by atomic mass is 19.3. The maximum Gasteiger partial charge on any atom is 0.252 e. The molecule has 0 rings (SSSR count). The first-order chi connectivity index (χ1) is 4.49. The van der Waals surface area contributed by atoms with Crippen LogP contribution >= 0.6 is 0 Å². The quantitative estimate of drug-likeness (QED) is 0.261. The van der Waals surface area contributed by atoms with Crippen molar-refractivity contribution in [3.05, 3.63) is 0 Å². The van der Waals surface area contributed by atoms with Crippen LogP contribution in [0.4, 0.5) is 8.78 Å². The number of rotatable bonds is 2. The van der Waals surface area contributed by atoms with Gasteiger partial charge in [0, 0.05) is 7.05 Å². The number of amidine groups is 1. The maximum absolute atomic E-state index is 12.2. The molecule has 10 heavy (non-hydrogen) atoms. The zero-order valence-electron chi connectivity index (χ0n) is 5.99. The Morgan fingerprint density at radius 3 is 2.30 bits per heavy atom. The minimum Gasteiger partial charge on any atom is -0.312 e. The van der Waals surface area contributed by atoms with Gasteiger partial charge in [0.15, 0.2) is 0 Å². The summed E-state index contributed by atoms with van der Waals surface area (Å²) in [6.07, 6.45) is -0.444. The van der Waals surface area contributed by atoms with Crippen molar-refractivity contribution in [2.24, 2.45) is 10.8 Å². The predicted octanol–water partition coefficient (Wildman–Crippen LogP) is 0.523. The average Bonchev–Trinajstić information content (AvgIpc) is 1.81. The van der Waals surface area contributed by atoms with Crippen molar-refractivity contribution in [1.29, 1.82) is 0 Å². The molecule has 0 aliphatic rings. The Hall–Kier alpha value is -0.710. The number of nitrogens with zero attached hydrogens (tertiary/aromatic N) is 1. The van der Waals surface area contributed by atoms with E-state index in [1.807, 2.05) is 0 Å². The van der Waals surface area contributed by atoms with E-state index in [2.05, 4.69) is 10.4 Å². The monoisotopic (exact) mass is 151 g/mol. The van der Waals surface area contributed by atoms with Crippen LogP contribution in [-0.4, -0.2) is 18.8 Å². The van der Waals surface area contributed by atoms with E-state index < -0.39 is 12.3 Å². The number of hydrogen-bond donors (Lipinski definition) is 2. The number of aliphatic imine (C=N–C) groups is 1. The summed E-state index contributed by atoms with van der Waals surface area (Å²) in [6, 6.07) is 0. The van der Waals surface area contributed by atoms with E-state index in [0.29, 0.717) is 0 Å². The molecule has 0 saturated heterocycles. The van der Waals surface area contributed by atoms with E-state index >= 15 is 0 Å². The summed E-state index contributed by atoms with van der Waals surface area (Å²) in [5.74, 6) is 2.23. The van der Waals surface area contributed by atoms with Crippen LogP contribution in [0.25, 0.3) is 0 Å². The topological polar surface area (TPSA) is 50.4 Å². The fourth-order valence-electron chi connectivity index (χ4n) is 0.489. The van der Waals surface area contributed by atoms with Crippen molar-refractivity contribution in [2.45, 2.75) is 19.3 Å². The third-order valence-corrected chi connectivity index (χ3v) is 0.914. The molecule has 0 heterocycles. The first-order valence-corrected chi connectivity index (χ1v) is 2.79. The molecule has 0 saturated carbocycles. The van der Waals surface area contributed by atoms with Gasteiger partial charge in [0.1, 0.15) is 5.84 Å². The summed E-state index contributed by atoms with van der Waals surface area (Å²) in [6.45, 7) is 0.815. The summed E-state index contributed by atoms with van der Waals surface area (Å²) in [7, 11) is 1.40. The maximum atomic E-state index is 12.2. The minimum atomic E-state index is -2.75. The first kappa shape index (κ1) is 9.29. The summed E-state index contributed by atoms with van der Waals surface area (Å²) < 4.78 is 24.3. The Labute approximate surface area is 58.3 Å². The number of nitrogens with one attached hydrogen (secondary N) is 1. The van der Waals surface area contributed by atoms with Gasteiger partial charge in [-0.15, -0.1) is 0 Å². The lowest BCUT2D eigenvalue weighted by atomic mass is 10.2. The normalized spacial score (nSPS) is 13.5. The van der Waals surface area contributed by atoms with E-state index in [4.69, 9.17) is 5.84 Å². The lowest BCUT2D eigenvalue weighted by Crippen LogP contribution is -2.34. The molecule has 3 N–H and O–H groups in total. The van der Waals surface area contributed by atoms with Crippen LogP contribution in [0.15, 0.2) is 4.99 Å². The highest BCUT2D eigenvalue weighted by Crippen LogP contribution is 2.15. The molecule has 0 spiro atoms. The zero-order chi connectivity index (χ0) is 8.20. The van der Waals surface area contributed by atoms with Crippen LogP contribution < -0.4 is 11.3 Å². The van der Waals surface area contributed by atoms with Gasteiger partial charge < -0.3 is 5.43 Å². The van der Waals surface area contributed by atoms with Gasteiger partial charge in [-0.05, 0) is 6.92 Å². The van der Waals surface area contributed by atoms with Crippen molar-refractivity contribution < 1.29 is 8.78 Å².